The molecule has 0 heterocycles. The molecule has 4 aliphatic rings. The fourth-order valence-electron chi connectivity index (χ4n) is 9.58. The fourth-order valence-corrected chi connectivity index (χ4v) is 10.4. The van der Waals surface area contributed by atoms with Gasteiger partial charge in [-0.25, -0.2) is 0 Å². The Hall–Kier alpha value is -0.750. The van der Waals surface area contributed by atoms with E-state index in [0.29, 0.717) is 10.8 Å². The summed E-state index contributed by atoms with van der Waals surface area (Å²) >= 11 is 7.74. The molecule has 1 aromatic carbocycles. The van der Waals surface area contributed by atoms with Crippen molar-refractivity contribution in [2.24, 2.45) is 52.1 Å². The van der Waals surface area contributed by atoms with Crippen LogP contribution in [0.4, 0.5) is 0 Å². The molecule has 0 saturated heterocycles. The number of rotatable bonds is 7. The highest BCUT2D eigenvalue weighted by atomic mass is 35.5. The van der Waals surface area contributed by atoms with E-state index in [9.17, 15) is 5.11 Å². The van der Waals surface area contributed by atoms with E-state index < -0.39 is 0 Å². The number of aliphatic hydroxyl groups excluding tert-OH is 1. The van der Waals surface area contributed by atoms with Gasteiger partial charge < -0.3 is 10.8 Å². The van der Waals surface area contributed by atoms with Crippen LogP contribution >= 0.6 is 23.5 Å². The molecule has 0 radical (unpaired) electrons. The average Bonchev–Trinajstić information content (AvgIpc) is 3.22. The Morgan fingerprint density at radius 1 is 1.05 bits per heavy atom. The van der Waals surface area contributed by atoms with E-state index in [1.165, 1.54) is 62.7 Å². The van der Waals surface area contributed by atoms with Gasteiger partial charge in [-0.2, -0.15) is 0 Å². The van der Waals surface area contributed by atoms with Gasteiger partial charge in [0.2, 0.25) is 6.41 Å². The van der Waals surface area contributed by atoms with Crippen molar-refractivity contribution in [2.75, 3.05) is 6.54 Å². The number of carbonyl (C=O) groups is 1. The molecular weight excluding hydrogens is 500 g/mol. The van der Waals surface area contributed by atoms with Gasteiger partial charge in [-0.1, -0.05) is 38.8 Å². The number of hydrogen-bond donors (Lipinski definition) is 3. The molecule has 4 fully saturated rings. The fraction of sp³-hybridized carbons (Fsp3) is 0.774. The van der Waals surface area contributed by atoms with Crippen LogP contribution in [0.2, 0.25) is 5.02 Å². The van der Waals surface area contributed by atoms with Crippen LogP contribution in [-0.2, 0) is 4.79 Å². The zero-order chi connectivity index (χ0) is 26.6. The summed E-state index contributed by atoms with van der Waals surface area (Å²) in [6.07, 6.45) is 14.8. The second-order valence-electron chi connectivity index (χ2n) is 12.9. The Kier molecular flexibility index (Phi) is 9.97. The summed E-state index contributed by atoms with van der Waals surface area (Å²) in [6, 6.07) is 8.11. The molecule has 4 saturated carbocycles. The summed E-state index contributed by atoms with van der Waals surface area (Å²) in [4.78, 5) is 9.82. The predicted octanol–water partition coefficient (Wildman–Crippen LogP) is 7.47. The van der Waals surface area contributed by atoms with E-state index >= 15 is 0 Å². The van der Waals surface area contributed by atoms with E-state index in [1.54, 1.807) is 11.9 Å². The van der Waals surface area contributed by atoms with Crippen molar-refractivity contribution in [2.45, 2.75) is 102 Å². The van der Waals surface area contributed by atoms with E-state index in [4.69, 9.17) is 16.4 Å². The van der Waals surface area contributed by atoms with Gasteiger partial charge in [-0.15, -0.1) is 0 Å². The third-order valence-electron chi connectivity index (χ3n) is 11.4. The Balaban J connectivity index is 0.00000102. The third-order valence-corrected chi connectivity index (χ3v) is 12.5. The quantitative estimate of drug-likeness (QED) is 0.187. The Labute approximate surface area is 234 Å². The molecule has 0 aromatic heterocycles. The molecule has 9 atom stereocenters. The summed E-state index contributed by atoms with van der Waals surface area (Å²) in [6.45, 7) is 8.82. The number of fused-ring (bicyclic) bond motifs is 5. The van der Waals surface area contributed by atoms with Gasteiger partial charge in [0, 0.05) is 16.5 Å². The summed E-state index contributed by atoms with van der Waals surface area (Å²) in [5.41, 5.74) is 5.20. The van der Waals surface area contributed by atoms with Crippen LogP contribution in [0, 0.1) is 46.3 Å². The molecule has 4 N–H and O–H groups in total. The van der Waals surface area contributed by atoms with Gasteiger partial charge in [0.05, 0.1) is 6.10 Å². The van der Waals surface area contributed by atoms with Crippen molar-refractivity contribution in [1.29, 1.82) is 0 Å². The van der Waals surface area contributed by atoms with Crippen molar-refractivity contribution >= 4 is 30.0 Å². The standard InChI is InChI=1S/C30H46ClNOS.CH3NO/c1-4-20-18-25-26-12-7-21(6-5-17-32-34-24-10-8-22(31)9-11-24)29(26,2)16-14-27(25)30(3)15-13-23(33)19-28(20)30;2-1-3/h8-11,20-21,23,25-28,32-33H,4-7,12-19H2,1-3H3;1H,(H2,2,3)/t20-,21-,23+,25?,26?,27-,28?,29?,30?;/m0./s1. The summed E-state index contributed by atoms with van der Waals surface area (Å²) in [5, 5.41) is 11.3. The lowest BCUT2D eigenvalue weighted by atomic mass is 9.42. The molecule has 1 amide bonds. The zero-order valence-corrected chi connectivity index (χ0v) is 24.7. The molecule has 0 aliphatic heterocycles. The highest BCUT2D eigenvalue weighted by Crippen LogP contribution is 2.69. The van der Waals surface area contributed by atoms with Crippen LogP contribution in [0.25, 0.3) is 0 Å². The highest BCUT2D eigenvalue weighted by Gasteiger charge is 2.61. The number of carbonyl (C=O) groups excluding carboxylic acids is 1. The smallest absolute Gasteiger partial charge is 0.204 e. The maximum atomic E-state index is 10.5. The Morgan fingerprint density at radius 2 is 1.73 bits per heavy atom. The molecule has 6 heteroatoms. The first-order valence-corrected chi connectivity index (χ1v) is 15.9. The average molecular weight is 549 g/mol. The van der Waals surface area contributed by atoms with Gasteiger partial charge in [-0.3, -0.25) is 9.52 Å². The highest BCUT2D eigenvalue weighted by molar-refractivity contribution is 7.97. The molecule has 4 nitrogen and oxygen atoms in total. The minimum atomic E-state index is -0.0418. The van der Waals surface area contributed by atoms with Crippen molar-refractivity contribution in [3.05, 3.63) is 29.3 Å². The van der Waals surface area contributed by atoms with E-state index in [0.717, 1.165) is 59.9 Å². The molecule has 1 aromatic rings. The number of halogens is 1. The van der Waals surface area contributed by atoms with Gasteiger partial charge in [0.25, 0.3) is 0 Å². The van der Waals surface area contributed by atoms with Crippen LogP contribution in [0.5, 0.6) is 0 Å². The lowest BCUT2D eigenvalue weighted by molar-refractivity contribution is -0.150. The second-order valence-corrected chi connectivity index (χ2v) is 14.3. The minimum absolute atomic E-state index is 0.0418. The molecule has 5 unspecified atom stereocenters. The van der Waals surface area contributed by atoms with E-state index in [2.05, 4.69) is 43.4 Å². The Morgan fingerprint density at radius 3 is 2.43 bits per heavy atom. The summed E-state index contributed by atoms with van der Waals surface area (Å²) < 4.78 is 3.58. The first kappa shape index (κ1) is 29.2. The van der Waals surface area contributed by atoms with E-state index in [1.807, 2.05) is 12.1 Å². The van der Waals surface area contributed by atoms with Crippen molar-refractivity contribution in [3.63, 3.8) is 0 Å². The topological polar surface area (TPSA) is 75.3 Å². The number of primary amides is 1. The molecule has 5 rings (SSSR count). The summed E-state index contributed by atoms with van der Waals surface area (Å²) in [5.74, 6) is 5.27. The largest absolute Gasteiger partial charge is 0.393 e. The number of hydrogen-bond acceptors (Lipinski definition) is 4. The molecule has 0 bridgehead atoms. The predicted molar refractivity (Wildman–Crippen MR) is 155 cm³/mol. The third kappa shape index (κ3) is 6.05. The van der Waals surface area contributed by atoms with Gasteiger partial charge in [0.1, 0.15) is 0 Å². The normalized spacial score (nSPS) is 40.5. The Bertz CT molecular complexity index is 884. The monoisotopic (exact) mass is 548 g/mol. The van der Waals surface area contributed by atoms with Gasteiger partial charge in [0.15, 0.2) is 0 Å². The number of benzene rings is 1. The maximum absolute atomic E-state index is 10.5. The second kappa shape index (κ2) is 12.6. The van der Waals surface area contributed by atoms with Crippen LogP contribution in [0.1, 0.15) is 91.4 Å². The molecule has 37 heavy (non-hydrogen) atoms. The van der Waals surface area contributed by atoms with Gasteiger partial charge in [-0.05, 0) is 147 Å². The first-order valence-electron chi connectivity index (χ1n) is 14.8. The molecule has 0 spiro atoms. The van der Waals surface area contributed by atoms with Crippen molar-refractivity contribution < 1.29 is 9.90 Å². The molecular formula is C31H49ClN2O2S. The lowest BCUT2D eigenvalue weighted by Crippen LogP contribution is -2.56. The molecule has 208 valence electrons. The van der Waals surface area contributed by atoms with Crippen molar-refractivity contribution in [1.82, 2.24) is 4.72 Å². The zero-order valence-electron chi connectivity index (χ0n) is 23.1. The number of amides is 1. The number of nitrogens with two attached hydrogens (primary N) is 1. The minimum Gasteiger partial charge on any atom is -0.393 e. The van der Waals surface area contributed by atoms with Crippen molar-refractivity contribution in [3.8, 4) is 0 Å². The summed E-state index contributed by atoms with van der Waals surface area (Å²) in [7, 11) is 0. The van der Waals surface area contributed by atoms with Crippen LogP contribution < -0.4 is 10.5 Å². The van der Waals surface area contributed by atoms with Crippen LogP contribution in [-0.4, -0.2) is 24.2 Å². The SMILES string of the molecule is CC[C@H]1CC2C3CC[C@H](CCCNSc4ccc(Cl)cc4)C3(C)CC[C@@H]2C2(C)CC[C@@H](O)CC12.NC=O. The van der Waals surface area contributed by atoms with Crippen LogP contribution in [0.15, 0.2) is 29.2 Å². The maximum Gasteiger partial charge on any atom is 0.204 e. The first-order chi connectivity index (χ1) is 17.8. The van der Waals surface area contributed by atoms with E-state index in [-0.39, 0.29) is 12.5 Å². The number of nitrogens with one attached hydrogen (secondary N) is 1. The molecule has 4 aliphatic carbocycles. The lowest BCUT2D eigenvalue weighted by Gasteiger charge is -2.63. The van der Waals surface area contributed by atoms with Gasteiger partial charge >= 0.3 is 0 Å². The number of aliphatic hydroxyl groups is 1. The van der Waals surface area contributed by atoms with Crippen LogP contribution in [0.3, 0.4) is 0 Å².